The summed E-state index contributed by atoms with van der Waals surface area (Å²) in [5.41, 5.74) is 2.15. The first kappa shape index (κ1) is 12.1. The fourth-order valence-corrected chi connectivity index (χ4v) is 3.04. The molecule has 2 rings (SSSR count). The number of carbonyl (C=O) groups excluding carboxylic acids is 1. The minimum Gasteiger partial charge on any atom is -0.311 e. The zero-order chi connectivity index (χ0) is 11.7. The van der Waals surface area contributed by atoms with Gasteiger partial charge in [0.1, 0.15) is 0 Å². The predicted octanol–water partition coefficient (Wildman–Crippen LogP) is 3.65. The van der Waals surface area contributed by atoms with Gasteiger partial charge in [-0.3, -0.25) is 4.79 Å². The lowest BCUT2D eigenvalue weighted by Gasteiger charge is -2.31. The molecule has 1 aliphatic heterocycles. The molecule has 0 bridgehead atoms. The minimum absolute atomic E-state index is 0.0238. The second-order valence-corrected chi connectivity index (χ2v) is 6.05. The molecule has 0 saturated carbocycles. The Morgan fingerprint density at radius 2 is 2.19 bits per heavy atom. The molecule has 0 radical (unpaired) electrons. The molecule has 0 aromatic heterocycles. The minimum atomic E-state index is -0.0238. The van der Waals surface area contributed by atoms with E-state index >= 15 is 0 Å². The number of hydrogen-bond donors (Lipinski definition) is 0. The molecule has 16 heavy (non-hydrogen) atoms. The molecule has 1 unspecified atom stereocenters. The summed E-state index contributed by atoms with van der Waals surface area (Å²) in [4.78, 5) is 13.9. The van der Waals surface area contributed by atoms with Crippen molar-refractivity contribution >= 4 is 43.5 Å². The largest absolute Gasteiger partial charge is 0.311 e. The molecule has 0 aliphatic carbocycles. The Morgan fingerprint density at radius 1 is 1.44 bits per heavy atom. The molecule has 4 heteroatoms. The zero-order valence-corrected chi connectivity index (χ0v) is 12.2. The van der Waals surface area contributed by atoms with E-state index in [0.717, 1.165) is 35.1 Å². The molecule has 86 valence electrons. The van der Waals surface area contributed by atoms with Crippen LogP contribution in [0.1, 0.15) is 18.4 Å². The average molecular weight is 347 g/mol. The van der Waals surface area contributed by atoms with Crippen molar-refractivity contribution in [1.82, 2.24) is 0 Å². The predicted molar refractivity (Wildman–Crippen MR) is 73.2 cm³/mol. The highest BCUT2D eigenvalue weighted by atomic mass is 79.9. The molecule has 0 N–H and O–H groups in total. The number of benzene rings is 1. The van der Waals surface area contributed by atoms with Gasteiger partial charge >= 0.3 is 0 Å². The summed E-state index contributed by atoms with van der Waals surface area (Å²) < 4.78 is 1.05. The van der Waals surface area contributed by atoms with E-state index in [1.807, 2.05) is 30.0 Å². The van der Waals surface area contributed by atoms with Gasteiger partial charge in [-0.2, -0.15) is 0 Å². The number of amides is 1. The van der Waals surface area contributed by atoms with Crippen molar-refractivity contribution in [3.63, 3.8) is 0 Å². The molecule has 1 aliphatic rings. The van der Waals surface area contributed by atoms with E-state index in [2.05, 4.69) is 31.9 Å². The summed E-state index contributed by atoms with van der Waals surface area (Å²) in [7, 11) is 0. The zero-order valence-electron chi connectivity index (χ0n) is 9.04. The average Bonchev–Trinajstić information content (AvgIpc) is 2.23. The highest BCUT2D eigenvalue weighted by Gasteiger charge is 2.28. The third-order valence-corrected chi connectivity index (χ3v) is 4.17. The van der Waals surface area contributed by atoms with E-state index < -0.39 is 0 Å². The van der Waals surface area contributed by atoms with Crippen molar-refractivity contribution in [2.45, 2.75) is 24.6 Å². The van der Waals surface area contributed by atoms with Gasteiger partial charge in [0.2, 0.25) is 5.91 Å². The van der Waals surface area contributed by atoms with E-state index in [1.54, 1.807) is 0 Å². The Labute approximate surface area is 112 Å². The normalized spacial score (nSPS) is 21.3. The van der Waals surface area contributed by atoms with E-state index in [4.69, 9.17) is 0 Å². The SMILES string of the molecule is Cc1cc(Br)ccc1N1CCCC(Br)C1=O. The van der Waals surface area contributed by atoms with E-state index in [-0.39, 0.29) is 10.7 Å². The van der Waals surface area contributed by atoms with Gasteiger partial charge in [0.05, 0.1) is 4.83 Å². The van der Waals surface area contributed by atoms with Crippen molar-refractivity contribution in [3.05, 3.63) is 28.2 Å². The quantitative estimate of drug-likeness (QED) is 0.711. The van der Waals surface area contributed by atoms with E-state index in [1.165, 1.54) is 0 Å². The molecular formula is C12H13Br2NO. The van der Waals surface area contributed by atoms with Crippen molar-refractivity contribution in [3.8, 4) is 0 Å². The van der Waals surface area contributed by atoms with Crippen LogP contribution in [0.5, 0.6) is 0 Å². The van der Waals surface area contributed by atoms with Gasteiger partial charge in [0.15, 0.2) is 0 Å². The van der Waals surface area contributed by atoms with Crippen LogP contribution < -0.4 is 4.90 Å². The third-order valence-electron chi connectivity index (χ3n) is 2.82. The number of nitrogens with zero attached hydrogens (tertiary/aromatic N) is 1. The summed E-state index contributed by atoms with van der Waals surface area (Å²) >= 11 is 6.86. The second-order valence-electron chi connectivity index (χ2n) is 4.03. The smallest absolute Gasteiger partial charge is 0.240 e. The van der Waals surface area contributed by atoms with Crippen LogP contribution in [-0.4, -0.2) is 17.3 Å². The van der Waals surface area contributed by atoms with Crippen LogP contribution in [0.4, 0.5) is 5.69 Å². The highest BCUT2D eigenvalue weighted by Crippen LogP contribution is 2.28. The summed E-state index contributed by atoms with van der Waals surface area (Å²) in [6.07, 6.45) is 1.99. The summed E-state index contributed by atoms with van der Waals surface area (Å²) in [5.74, 6) is 0.177. The van der Waals surface area contributed by atoms with Crippen LogP contribution in [0.3, 0.4) is 0 Å². The topological polar surface area (TPSA) is 20.3 Å². The van der Waals surface area contributed by atoms with Crippen molar-refractivity contribution in [2.75, 3.05) is 11.4 Å². The van der Waals surface area contributed by atoms with Crippen LogP contribution in [0.25, 0.3) is 0 Å². The van der Waals surface area contributed by atoms with Crippen LogP contribution in [0, 0.1) is 6.92 Å². The molecule has 1 aromatic rings. The molecule has 1 aromatic carbocycles. The van der Waals surface area contributed by atoms with Crippen molar-refractivity contribution < 1.29 is 4.79 Å². The molecule has 1 amide bonds. The standard InChI is InChI=1S/C12H13Br2NO/c1-8-7-9(13)4-5-11(8)15-6-2-3-10(14)12(15)16/h4-5,7,10H,2-3,6H2,1H3. The van der Waals surface area contributed by atoms with Crippen molar-refractivity contribution in [1.29, 1.82) is 0 Å². The molecule has 1 fully saturated rings. The number of anilines is 1. The van der Waals surface area contributed by atoms with Crippen LogP contribution >= 0.6 is 31.9 Å². The summed E-state index contributed by atoms with van der Waals surface area (Å²) in [5, 5.41) is 0. The van der Waals surface area contributed by atoms with Gasteiger partial charge in [0.25, 0.3) is 0 Å². The lowest BCUT2D eigenvalue weighted by atomic mass is 10.1. The van der Waals surface area contributed by atoms with Crippen molar-refractivity contribution in [2.24, 2.45) is 0 Å². The van der Waals surface area contributed by atoms with Gasteiger partial charge in [-0.05, 0) is 43.5 Å². The number of halogens is 2. The molecule has 1 heterocycles. The second kappa shape index (κ2) is 4.88. The number of piperidine rings is 1. The lowest BCUT2D eigenvalue weighted by molar-refractivity contribution is -0.118. The maximum absolute atomic E-state index is 12.0. The van der Waals surface area contributed by atoms with Gasteiger partial charge in [0, 0.05) is 16.7 Å². The maximum Gasteiger partial charge on any atom is 0.240 e. The van der Waals surface area contributed by atoms with Gasteiger partial charge < -0.3 is 4.90 Å². The molecular weight excluding hydrogens is 334 g/mol. The Hall–Kier alpha value is -0.350. The Kier molecular flexibility index (Phi) is 3.70. The van der Waals surface area contributed by atoms with Gasteiger partial charge in [-0.25, -0.2) is 0 Å². The van der Waals surface area contributed by atoms with E-state index in [9.17, 15) is 4.79 Å². The number of rotatable bonds is 1. The van der Waals surface area contributed by atoms with Crippen LogP contribution in [0.15, 0.2) is 22.7 Å². The molecule has 0 spiro atoms. The first-order chi connectivity index (χ1) is 7.59. The van der Waals surface area contributed by atoms with Crippen LogP contribution in [0.2, 0.25) is 0 Å². The number of carbonyl (C=O) groups is 1. The third kappa shape index (κ3) is 2.33. The van der Waals surface area contributed by atoms with Crippen LogP contribution in [-0.2, 0) is 4.79 Å². The lowest BCUT2D eigenvalue weighted by Crippen LogP contribution is -2.42. The first-order valence-corrected chi connectivity index (χ1v) is 7.02. The maximum atomic E-state index is 12.0. The summed E-state index contributed by atoms with van der Waals surface area (Å²) in [6.45, 7) is 2.86. The monoisotopic (exact) mass is 345 g/mol. The fourth-order valence-electron chi connectivity index (χ4n) is 1.99. The fraction of sp³-hybridized carbons (Fsp3) is 0.417. The van der Waals surface area contributed by atoms with E-state index in [0.29, 0.717) is 0 Å². The number of alkyl halides is 1. The van der Waals surface area contributed by atoms with Gasteiger partial charge in [-0.1, -0.05) is 31.9 Å². The Morgan fingerprint density at radius 3 is 2.88 bits per heavy atom. The number of hydrogen-bond acceptors (Lipinski definition) is 1. The molecule has 1 saturated heterocycles. The Balaban J connectivity index is 2.32. The first-order valence-electron chi connectivity index (χ1n) is 5.31. The van der Waals surface area contributed by atoms with Gasteiger partial charge in [-0.15, -0.1) is 0 Å². The molecule has 1 atom stereocenters. The molecule has 2 nitrogen and oxygen atoms in total. The Bertz CT molecular complexity index is 419. The number of aryl methyl sites for hydroxylation is 1. The summed E-state index contributed by atoms with van der Waals surface area (Å²) in [6, 6.07) is 6.02. The highest BCUT2D eigenvalue weighted by molar-refractivity contribution is 9.10.